The number of aromatic nitrogens is 2. The van der Waals surface area contributed by atoms with Gasteiger partial charge in [-0.3, -0.25) is 4.99 Å². The van der Waals surface area contributed by atoms with Gasteiger partial charge in [-0.25, -0.2) is 9.29 Å². The molecule has 1 aromatic heterocycles. The van der Waals surface area contributed by atoms with Crippen molar-refractivity contribution < 1.29 is 0 Å². The Morgan fingerprint density at radius 3 is 2.77 bits per heavy atom. The van der Waals surface area contributed by atoms with Crippen LogP contribution in [0.5, 0.6) is 0 Å². The molecule has 0 spiro atoms. The number of hydrogen-bond acceptors (Lipinski definition) is 8. The van der Waals surface area contributed by atoms with Crippen LogP contribution in [0.1, 0.15) is 39.5 Å². The molecule has 164 valence electrons. The summed E-state index contributed by atoms with van der Waals surface area (Å²) >= 11 is 8.48. The van der Waals surface area contributed by atoms with E-state index in [1.807, 2.05) is 0 Å². The summed E-state index contributed by atoms with van der Waals surface area (Å²) in [4.78, 5) is 12.8. The molecule has 0 aromatic carbocycles. The molecule has 1 aromatic rings. The third-order valence-corrected chi connectivity index (χ3v) is 8.72. The summed E-state index contributed by atoms with van der Waals surface area (Å²) < 4.78 is 2.63. The molecular formula is C21H32ClN7S. The van der Waals surface area contributed by atoms with Crippen molar-refractivity contribution >= 4 is 41.5 Å². The lowest BCUT2D eigenvalue weighted by molar-refractivity contribution is 0.494. The van der Waals surface area contributed by atoms with Gasteiger partial charge in [0.2, 0.25) is 5.95 Å². The summed E-state index contributed by atoms with van der Waals surface area (Å²) in [6.07, 6.45) is 9.67. The second-order valence-corrected chi connectivity index (χ2v) is 10.7. The molecule has 4 atom stereocenters. The maximum atomic E-state index is 6.36. The van der Waals surface area contributed by atoms with Crippen LogP contribution < -0.4 is 16.4 Å². The topological polar surface area (TPSA) is 91.5 Å². The van der Waals surface area contributed by atoms with E-state index in [1.54, 1.807) is 19.5 Å². The highest BCUT2D eigenvalue weighted by Crippen LogP contribution is 2.57. The SMILES string of the molecule is CCC1(C)CC1SN1CC2CC(Nc3nc(NC(C=NC)=CN)ncc3Cl)CC2C1. The van der Waals surface area contributed by atoms with Crippen molar-refractivity contribution in [3.8, 4) is 0 Å². The van der Waals surface area contributed by atoms with E-state index in [9.17, 15) is 0 Å². The molecule has 2 heterocycles. The third-order valence-electron chi connectivity index (χ3n) is 6.86. The minimum absolute atomic E-state index is 0.399. The summed E-state index contributed by atoms with van der Waals surface area (Å²) in [5, 5.41) is 7.98. The fraction of sp³-hybridized carbons (Fsp3) is 0.667. The van der Waals surface area contributed by atoms with Crippen LogP contribution in [0.25, 0.3) is 0 Å². The Morgan fingerprint density at radius 1 is 1.43 bits per heavy atom. The molecule has 4 rings (SSSR count). The Morgan fingerprint density at radius 2 is 2.17 bits per heavy atom. The minimum Gasteiger partial charge on any atom is -0.403 e. The average molecular weight is 450 g/mol. The molecule has 0 radical (unpaired) electrons. The van der Waals surface area contributed by atoms with Gasteiger partial charge in [-0.2, -0.15) is 4.98 Å². The van der Waals surface area contributed by atoms with E-state index in [4.69, 9.17) is 17.3 Å². The molecule has 2 aliphatic carbocycles. The maximum Gasteiger partial charge on any atom is 0.229 e. The Bertz CT molecular complexity index is 818. The van der Waals surface area contributed by atoms with Crippen LogP contribution in [0.4, 0.5) is 11.8 Å². The van der Waals surface area contributed by atoms with E-state index in [-0.39, 0.29) is 0 Å². The molecule has 1 aliphatic heterocycles. The number of anilines is 2. The molecule has 7 nitrogen and oxygen atoms in total. The normalized spacial score (nSPS) is 33.8. The predicted molar refractivity (Wildman–Crippen MR) is 127 cm³/mol. The number of nitrogens with two attached hydrogens (primary N) is 1. The van der Waals surface area contributed by atoms with Crippen molar-refractivity contribution in [2.75, 3.05) is 30.8 Å². The third kappa shape index (κ3) is 4.70. The first-order valence-corrected chi connectivity index (χ1v) is 12.0. The Hall–Kier alpha value is -1.51. The van der Waals surface area contributed by atoms with E-state index in [1.165, 1.54) is 32.1 Å². The van der Waals surface area contributed by atoms with E-state index in [2.05, 4.69) is 55.7 Å². The number of aliphatic imine (C=N–C) groups is 1. The van der Waals surface area contributed by atoms with Gasteiger partial charge in [0.1, 0.15) is 5.02 Å². The van der Waals surface area contributed by atoms with Gasteiger partial charge in [-0.05, 0) is 42.9 Å². The van der Waals surface area contributed by atoms with Crippen LogP contribution >= 0.6 is 23.5 Å². The molecule has 2 saturated carbocycles. The number of hydrogen-bond donors (Lipinski definition) is 3. The van der Waals surface area contributed by atoms with Gasteiger partial charge in [0.05, 0.1) is 11.9 Å². The molecule has 3 fully saturated rings. The van der Waals surface area contributed by atoms with Crippen LogP contribution in [0.2, 0.25) is 5.02 Å². The zero-order valence-electron chi connectivity index (χ0n) is 17.9. The van der Waals surface area contributed by atoms with Crippen LogP contribution in [0.3, 0.4) is 0 Å². The highest BCUT2D eigenvalue weighted by molar-refractivity contribution is 7.98. The first-order chi connectivity index (χ1) is 14.4. The monoisotopic (exact) mass is 449 g/mol. The van der Waals surface area contributed by atoms with Gasteiger partial charge in [-0.1, -0.05) is 37.4 Å². The number of nitrogens with one attached hydrogen (secondary N) is 2. The fourth-order valence-electron chi connectivity index (χ4n) is 4.65. The summed E-state index contributed by atoms with van der Waals surface area (Å²) in [6, 6.07) is 0.399. The van der Waals surface area contributed by atoms with Gasteiger partial charge >= 0.3 is 0 Å². The molecule has 0 bridgehead atoms. The Kier molecular flexibility index (Phi) is 6.46. The largest absolute Gasteiger partial charge is 0.403 e. The summed E-state index contributed by atoms with van der Waals surface area (Å²) in [5.74, 6) is 2.63. The first kappa shape index (κ1) is 21.7. The van der Waals surface area contributed by atoms with Gasteiger partial charge in [-0.15, -0.1) is 0 Å². The number of allylic oxidation sites excluding steroid dienone is 1. The predicted octanol–water partition coefficient (Wildman–Crippen LogP) is 4.00. The summed E-state index contributed by atoms with van der Waals surface area (Å²) in [6.45, 7) is 7.15. The number of rotatable bonds is 8. The molecular weight excluding hydrogens is 418 g/mol. The van der Waals surface area contributed by atoms with Crippen molar-refractivity contribution in [3.63, 3.8) is 0 Å². The van der Waals surface area contributed by atoms with E-state index < -0.39 is 0 Å². The standard InChI is InChI=1S/C21H32ClN7S/c1-4-21(2)7-18(21)30-29-11-13-5-15(6-14(13)12-29)26-19-17(22)10-25-20(28-19)27-16(8-23)9-24-3/h8-10,13-15,18H,4-7,11-12,23H2,1-3H3,(H2,25,26,27,28). The van der Waals surface area contributed by atoms with Gasteiger partial charge in [0, 0.05) is 43.8 Å². The van der Waals surface area contributed by atoms with Crippen LogP contribution in [-0.2, 0) is 0 Å². The van der Waals surface area contributed by atoms with Crippen molar-refractivity contribution in [3.05, 3.63) is 23.1 Å². The maximum absolute atomic E-state index is 6.36. The number of halogens is 1. The van der Waals surface area contributed by atoms with E-state index in [0.29, 0.717) is 33.9 Å². The van der Waals surface area contributed by atoms with Crippen molar-refractivity contribution in [2.24, 2.45) is 28.0 Å². The summed E-state index contributed by atoms with van der Waals surface area (Å²) in [7, 11) is 1.69. The lowest BCUT2D eigenvalue weighted by atomic mass is 10.0. The Labute approximate surface area is 188 Å². The highest BCUT2D eigenvalue weighted by Gasteiger charge is 2.51. The quantitative estimate of drug-likeness (QED) is 0.408. The van der Waals surface area contributed by atoms with Crippen LogP contribution in [-0.4, -0.2) is 51.9 Å². The van der Waals surface area contributed by atoms with E-state index >= 15 is 0 Å². The fourth-order valence-corrected chi connectivity index (χ4v) is 6.59. The lowest BCUT2D eigenvalue weighted by Crippen LogP contribution is -2.22. The molecule has 30 heavy (non-hydrogen) atoms. The van der Waals surface area contributed by atoms with Crippen molar-refractivity contribution in [1.29, 1.82) is 0 Å². The van der Waals surface area contributed by atoms with Crippen molar-refractivity contribution in [1.82, 2.24) is 14.3 Å². The molecule has 9 heteroatoms. The molecule has 1 saturated heterocycles. The van der Waals surface area contributed by atoms with Crippen molar-refractivity contribution in [2.45, 2.75) is 50.8 Å². The molecule has 0 amide bonds. The van der Waals surface area contributed by atoms with Crippen LogP contribution in [0.15, 0.2) is 23.1 Å². The highest BCUT2D eigenvalue weighted by atomic mass is 35.5. The second-order valence-electron chi connectivity index (χ2n) is 9.01. The second kappa shape index (κ2) is 8.93. The van der Waals surface area contributed by atoms with Crippen LogP contribution in [0, 0.1) is 17.3 Å². The van der Waals surface area contributed by atoms with Gasteiger partial charge in [0.25, 0.3) is 0 Å². The zero-order chi connectivity index (χ0) is 21.3. The van der Waals surface area contributed by atoms with Gasteiger partial charge in [0.15, 0.2) is 5.82 Å². The number of fused-ring (bicyclic) bond motifs is 1. The minimum atomic E-state index is 0.399. The first-order valence-electron chi connectivity index (χ1n) is 10.8. The molecule has 3 aliphatic rings. The number of nitrogens with zero attached hydrogens (tertiary/aromatic N) is 4. The van der Waals surface area contributed by atoms with Gasteiger partial charge < -0.3 is 16.4 Å². The van der Waals surface area contributed by atoms with E-state index in [0.717, 1.165) is 29.9 Å². The zero-order valence-corrected chi connectivity index (χ0v) is 19.5. The average Bonchev–Trinajstić information content (AvgIpc) is 3.01. The Balaban J connectivity index is 1.31. The smallest absolute Gasteiger partial charge is 0.229 e. The summed E-state index contributed by atoms with van der Waals surface area (Å²) in [5.41, 5.74) is 6.81. The molecule has 4 unspecified atom stereocenters. The lowest BCUT2D eigenvalue weighted by Gasteiger charge is -2.20. The molecule has 4 N–H and O–H groups in total.